The van der Waals surface area contributed by atoms with Crippen LogP contribution in [-0.4, -0.2) is 46.4 Å². The molecule has 0 bridgehead atoms. The highest BCUT2D eigenvalue weighted by atomic mass is 16.5. The number of rotatable bonds is 8. The van der Waals surface area contributed by atoms with E-state index in [4.69, 9.17) is 21.2 Å². The Morgan fingerprint density at radius 3 is 2.38 bits per heavy atom. The first kappa shape index (κ1) is 27.4. The lowest BCUT2D eigenvalue weighted by molar-refractivity contribution is -0.116. The third-order valence-electron chi connectivity index (χ3n) is 6.06. The Kier molecular flexibility index (Phi) is 7.73. The maximum atomic E-state index is 12.4. The van der Waals surface area contributed by atoms with Crippen molar-refractivity contribution in [3.63, 3.8) is 0 Å². The standard InChI is InChI=1S/C30H33N5O4/c1-5-39-29(38)20-11-13-22-24(15-20)34-28(37)26(22)27(19-9-7-6-8-10-19)33-21-12-14-25(23(31)16-21)35(18(2)36)17-30(3,4)32/h6-16,34,37H,5,17,31-32H2,1-4H3. The lowest BCUT2D eigenvalue weighted by atomic mass is 10.00. The van der Waals surface area contributed by atoms with Crippen molar-refractivity contribution in [3.05, 3.63) is 83.4 Å². The van der Waals surface area contributed by atoms with Crippen LogP contribution in [0.4, 0.5) is 17.1 Å². The predicted octanol–water partition coefficient (Wildman–Crippen LogP) is 4.89. The monoisotopic (exact) mass is 527 g/mol. The van der Waals surface area contributed by atoms with Gasteiger partial charge in [0.05, 0.1) is 40.5 Å². The summed E-state index contributed by atoms with van der Waals surface area (Å²) in [5.41, 5.74) is 16.1. The van der Waals surface area contributed by atoms with Gasteiger partial charge in [-0.15, -0.1) is 0 Å². The minimum absolute atomic E-state index is 0.0915. The number of carbonyl (C=O) groups is 2. The Bertz CT molecular complexity index is 1550. The number of fused-ring (bicyclic) bond motifs is 1. The number of esters is 1. The van der Waals surface area contributed by atoms with Crippen LogP contribution in [0.2, 0.25) is 0 Å². The van der Waals surface area contributed by atoms with Crippen molar-refractivity contribution in [2.75, 3.05) is 23.8 Å². The number of aromatic nitrogens is 1. The van der Waals surface area contributed by atoms with Gasteiger partial charge in [-0.25, -0.2) is 9.79 Å². The molecular weight excluding hydrogens is 494 g/mol. The van der Waals surface area contributed by atoms with Crippen molar-refractivity contribution >= 4 is 45.6 Å². The Labute approximate surface area is 227 Å². The SMILES string of the molecule is CCOC(=O)c1ccc2c(C(=Nc3ccc(N(CC(C)(C)N)C(C)=O)c(N)c3)c3ccccc3)c(O)[nH]c2c1. The fourth-order valence-electron chi connectivity index (χ4n) is 4.39. The molecule has 0 saturated heterocycles. The molecule has 1 heterocycles. The van der Waals surface area contributed by atoms with E-state index in [0.29, 0.717) is 51.3 Å². The molecule has 202 valence electrons. The van der Waals surface area contributed by atoms with E-state index in [1.807, 2.05) is 44.2 Å². The first-order chi connectivity index (χ1) is 18.5. The molecule has 0 aliphatic heterocycles. The Hall–Kier alpha value is -4.63. The number of nitrogen functional groups attached to an aromatic ring is 1. The molecule has 4 rings (SSSR count). The van der Waals surface area contributed by atoms with Crippen LogP contribution in [0.1, 0.15) is 49.2 Å². The number of carbonyl (C=O) groups excluding carboxylic acids is 2. The van der Waals surface area contributed by atoms with Gasteiger partial charge < -0.3 is 31.2 Å². The summed E-state index contributed by atoms with van der Waals surface area (Å²) in [7, 11) is 0. The zero-order valence-corrected chi connectivity index (χ0v) is 22.5. The van der Waals surface area contributed by atoms with Crippen LogP contribution in [-0.2, 0) is 9.53 Å². The average molecular weight is 528 g/mol. The lowest BCUT2D eigenvalue weighted by Crippen LogP contribution is -2.47. The molecule has 4 aromatic rings. The van der Waals surface area contributed by atoms with Gasteiger partial charge in [-0.3, -0.25) is 4.79 Å². The summed E-state index contributed by atoms with van der Waals surface area (Å²) in [4.78, 5) is 34.0. The van der Waals surface area contributed by atoms with Crippen LogP contribution in [0, 0.1) is 0 Å². The number of anilines is 2. The van der Waals surface area contributed by atoms with E-state index in [9.17, 15) is 14.7 Å². The molecule has 0 unspecified atom stereocenters. The predicted molar refractivity (Wildman–Crippen MR) is 155 cm³/mol. The number of nitrogens with one attached hydrogen (secondary N) is 1. The molecule has 3 aromatic carbocycles. The van der Waals surface area contributed by atoms with Crippen molar-refractivity contribution in [2.24, 2.45) is 10.7 Å². The number of benzene rings is 3. The second kappa shape index (κ2) is 11.0. The van der Waals surface area contributed by atoms with E-state index < -0.39 is 11.5 Å². The number of ether oxygens (including phenoxy) is 1. The fourth-order valence-corrected chi connectivity index (χ4v) is 4.39. The zero-order valence-electron chi connectivity index (χ0n) is 22.5. The van der Waals surface area contributed by atoms with Gasteiger partial charge in [-0.05, 0) is 51.1 Å². The van der Waals surface area contributed by atoms with Gasteiger partial charge in [-0.1, -0.05) is 36.4 Å². The number of aliphatic imine (C=N–C) groups is 1. The molecular formula is C30H33N5O4. The highest BCUT2D eigenvalue weighted by Crippen LogP contribution is 2.34. The Morgan fingerprint density at radius 1 is 1.05 bits per heavy atom. The molecule has 1 aromatic heterocycles. The van der Waals surface area contributed by atoms with Crippen LogP contribution in [0.5, 0.6) is 5.88 Å². The van der Waals surface area contributed by atoms with E-state index in [1.54, 1.807) is 48.2 Å². The van der Waals surface area contributed by atoms with Gasteiger partial charge in [0.1, 0.15) is 0 Å². The van der Waals surface area contributed by atoms with Crippen molar-refractivity contribution < 1.29 is 19.4 Å². The number of hydrogen-bond donors (Lipinski definition) is 4. The maximum absolute atomic E-state index is 12.4. The molecule has 0 saturated carbocycles. The summed E-state index contributed by atoms with van der Waals surface area (Å²) in [5.74, 6) is -0.710. The highest BCUT2D eigenvalue weighted by Gasteiger charge is 2.23. The summed E-state index contributed by atoms with van der Waals surface area (Å²) >= 11 is 0. The fraction of sp³-hybridized carbons (Fsp3) is 0.233. The molecule has 39 heavy (non-hydrogen) atoms. The van der Waals surface area contributed by atoms with Gasteiger partial charge in [0.15, 0.2) is 5.88 Å². The summed E-state index contributed by atoms with van der Waals surface area (Å²) in [6.45, 7) is 7.45. The molecule has 0 aliphatic rings. The summed E-state index contributed by atoms with van der Waals surface area (Å²) < 4.78 is 5.11. The van der Waals surface area contributed by atoms with E-state index in [0.717, 1.165) is 5.56 Å². The Balaban J connectivity index is 1.83. The minimum Gasteiger partial charge on any atom is -0.494 e. The number of nitrogens with two attached hydrogens (primary N) is 2. The van der Waals surface area contributed by atoms with Crippen molar-refractivity contribution in [1.82, 2.24) is 4.98 Å². The lowest BCUT2D eigenvalue weighted by Gasteiger charge is -2.30. The normalized spacial score (nSPS) is 12.0. The summed E-state index contributed by atoms with van der Waals surface area (Å²) in [6.07, 6.45) is 0. The van der Waals surface area contributed by atoms with Gasteiger partial charge in [0, 0.05) is 35.5 Å². The van der Waals surface area contributed by atoms with Gasteiger partial charge in [-0.2, -0.15) is 0 Å². The Morgan fingerprint density at radius 2 is 1.77 bits per heavy atom. The van der Waals surface area contributed by atoms with E-state index in [1.165, 1.54) is 6.92 Å². The van der Waals surface area contributed by atoms with Gasteiger partial charge in [0.25, 0.3) is 0 Å². The summed E-state index contributed by atoms with van der Waals surface area (Å²) in [6, 6.07) is 19.7. The van der Waals surface area contributed by atoms with Gasteiger partial charge >= 0.3 is 5.97 Å². The van der Waals surface area contributed by atoms with Gasteiger partial charge in [0.2, 0.25) is 5.91 Å². The molecule has 0 spiro atoms. The third kappa shape index (κ3) is 6.10. The highest BCUT2D eigenvalue weighted by molar-refractivity contribution is 6.22. The van der Waals surface area contributed by atoms with E-state index in [2.05, 4.69) is 4.98 Å². The minimum atomic E-state index is -0.616. The number of amides is 1. The quantitative estimate of drug-likeness (QED) is 0.146. The number of nitrogens with zero attached hydrogens (tertiary/aromatic N) is 2. The second-order valence-electron chi connectivity index (χ2n) is 9.99. The first-order valence-corrected chi connectivity index (χ1v) is 12.6. The second-order valence-corrected chi connectivity index (χ2v) is 9.99. The van der Waals surface area contributed by atoms with Crippen LogP contribution in [0.25, 0.3) is 10.9 Å². The smallest absolute Gasteiger partial charge is 0.338 e. The van der Waals surface area contributed by atoms with E-state index in [-0.39, 0.29) is 18.4 Å². The molecule has 0 atom stereocenters. The van der Waals surface area contributed by atoms with Crippen molar-refractivity contribution in [1.29, 1.82) is 0 Å². The van der Waals surface area contributed by atoms with E-state index >= 15 is 0 Å². The molecule has 0 radical (unpaired) electrons. The number of aromatic hydroxyl groups is 1. The molecule has 9 heteroatoms. The van der Waals surface area contributed by atoms with Crippen LogP contribution >= 0.6 is 0 Å². The molecule has 0 aliphatic carbocycles. The zero-order chi connectivity index (χ0) is 28.3. The first-order valence-electron chi connectivity index (χ1n) is 12.6. The van der Waals surface area contributed by atoms with Crippen molar-refractivity contribution in [3.8, 4) is 5.88 Å². The molecule has 0 fully saturated rings. The summed E-state index contributed by atoms with van der Waals surface area (Å²) in [5, 5.41) is 11.7. The van der Waals surface area contributed by atoms with Crippen molar-refractivity contribution in [2.45, 2.75) is 33.2 Å². The molecule has 6 N–H and O–H groups in total. The third-order valence-corrected chi connectivity index (χ3v) is 6.06. The number of aromatic amines is 1. The topological polar surface area (TPSA) is 147 Å². The number of H-pyrrole nitrogens is 1. The molecule has 9 nitrogen and oxygen atoms in total. The average Bonchev–Trinajstić information content (AvgIpc) is 3.21. The van der Waals surface area contributed by atoms with Crippen LogP contribution in [0.15, 0.2) is 71.7 Å². The largest absolute Gasteiger partial charge is 0.494 e. The van der Waals surface area contributed by atoms with Crippen LogP contribution < -0.4 is 16.4 Å². The molecule has 1 amide bonds. The maximum Gasteiger partial charge on any atom is 0.338 e. The number of hydrogen-bond acceptors (Lipinski definition) is 7. The van der Waals surface area contributed by atoms with Crippen LogP contribution in [0.3, 0.4) is 0 Å².